The van der Waals surface area contributed by atoms with Crippen LogP contribution in [0.15, 0.2) is 54.4 Å². The lowest BCUT2D eigenvalue weighted by atomic mass is 9.87. The average molecular weight is 469 g/mol. The van der Waals surface area contributed by atoms with Crippen LogP contribution in [0.1, 0.15) is 56.0 Å². The molecule has 0 radical (unpaired) electrons. The van der Waals surface area contributed by atoms with Crippen molar-refractivity contribution in [1.82, 2.24) is 20.4 Å². The number of aliphatic carboxylic acids is 1. The van der Waals surface area contributed by atoms with Crippen molar-refractivity contribution in [3.63, 3.8) is 0 Å². The molecule has 1 aromatic heterocycles. The molecule has 1 aromatic carbocycles. The molecule has 3 atom stereocenters. The summed E-state index contributed by atoms with van der Waals surface area (Å²) >= 11 is 0. The van der Waals surface area contributed by atoms with E-state index in [2.05, 4.69) is 15.7 Å². The normalized spacial score (nSPS) is 20.0. The Morgan fingerprint density at radius 1 is 1.18 bits per heavy atom. The maximum Gasteiger partial charge on any atom is 0.331 e. The molecular weight excluding hydrogens is 436 g/mol. The molecule has 0 saturated carbocycles. The van der Waals surface area contributed by atoms with Crippen LogP contribution < -0.4 is 10.6 Å². The number of hydrogen-bond acceptors (Lipinski definition) is 5. The maximum atomic E-state index is 13.0. The topological polar surface area (TPSA) is 123 Å². The van der Waals surface area contributed by atoms with Crippen molar-refractivity contribution < 1.29 is 24.2 Å². The fourth-order valence-electron chi connectivity index (χ4n) is 4.10. The lowest BCUT2D eigenvalue weighted by Crippen LogP contribution is -2.59. The molecule has 0 fully saturated rings. The smallest absolute Gasteiger partial charge is 0.331 e. The lowest BCUT2D eigenvalue weighted by molar-refractivity contribution is -0.133. The van der Waals surface area contributed by atoms with E-state index in [1.165, 1.54) is 13.1 Å². The predicted molar refractivity (Wildman–Crippen MR) is 126 cm³/mol. The summed E-state index contributed by atoms with van der Waals surface area (Å²) in [6.45, 7) is 5.87. The van der Waals surface area contributed by atoms with Crippen LogP contribution in [0.2, 0.25) is 0 Å². The summed E-state index contributed by atoms with van der Waals surface area (Å²) in [4.78, 5) is 36.8. The van der Waals surface area contributed by atoms with Gasteiger partial charge in [-0.05, 0) is 24.5 Å². The molecule has 9 nitrogen and oxygen atoms in total. The van der Waals surface area contributed by atoms with E-state index < -0.39 is 30.1 Å². The molecule has 2 aromatic rings. The summed E-state index contributed by atoms with van der Waals surface area (Å²) in [7, 11) is 0. The number of nitrogens with one attached hydrogen (secondary N) is 2. The number of carboxylic acids is 1. The first-order valence-electron chi connectivity index (χ1n) is 11.5. The van der Waals surface area contributed by atoms with Gasteiger partial charge in [-0.15, -0.1) is 0 Å². The molecule has 2 amide bonds. The molecule has 34 heavy (non-hydrogen) atoms. The van der Waals surface area contributed by atoms with Crippen molar-refractivity contribution >= 4 is 17.8 Å². The summed E-state index contributed by atoms with van der Waals surface area (Å²) in [5, 5.41) is 19.7. The molecule has 0 saturated heterocycles. The average Bonchev–Trinajstić information content (AvgIpc) is 3.28. The number of rotatable bonds is 10. The summed E-state index contributed by atoms with van der Waals surface area (Å²) in [5.74, 6) is -1.76. The van der Waals surface area contributed by atoms with E-state index >= 15 is 0 Å². The number of carbonyl (C=O) groups is 3. The summed E-state index contributed by atoms with van der Waals surface area (Å²) in [6.07, 6.45) is 5.43. The third-order valence-electron chi connectivity index (χ3n) is 5.90. The molecule has 9 heteroatoms. The van der Waals surface area contributed by atoms with Gasteiger partial charge in [-0.2, -0.15) is 5.10 Å². The Balaban J connectivity index is 1.79. The number of carbonyl (C=O) groups excluding carboxylic acids is 2. The summed E-state index contributed by atoms with van der Waals surface area (Å²) in [6, 6.07) is 8.48. The maximum absolute atomic E-state index is 13.0. The molecule has 0 aliphatic heterocycles. The van der Waals surface area contributed by atoms with E-state index in [0.717, 1.165) is 18.4 Å². The van der Waals surface area contributed by atoms with Crippen LogP contribution in [-0.4, -0.2) is 57.0 Å². The van der Waals surface area contributed by atoms with Crippen molar-refractivity contribution in [3.05, 3.63) is 65.5 Å². The molecule has 182 valence electrons. The van der Waals surface area contributed by atoms with Crippen LogP contribution >= 0.6 is 0 Å². The minimum absolute atomic E-state index is 0.0624. The molecule has 3 rings (SSSR count). The molecule has 1 aliphatic rings. The highest BCUT2D eigenvalue weighted by molar-refractivity contribution is 5.94. The van der Waals surface area contributed by atoms with Crippen LogP contribution in [0.4, 0.5) is 0 Å². The van der Waals surface area contributed by atoms with E-state index in [9.17, 15) is 19.5 Å². The number of ether oxygens (including phenoxy) is 1. The van der Waals surface area contributed by atoms with Crippen molar-refractivity contribution in [2.24, 2.45) is 0 Å². The van der Waals surface area contributed by atoms with Gasteiger partial charge in [-0.1, -0.05) is 44.2 Å². The highest BCUT2D eigenvalue weighted by atomic mass is 16.5. The van der Waals surface area contributed by atoms with E-state index in [1.54, 1.807) is 17.0 Å². The van der Waals surface area contributed by atoms with Gasteiger partial charge in [0.2, 0.25) is 5.91 Å². The number of amides is 2. The lowest BCUT2D eigenvalue weighted by Gasteiger charge is -2.38. The Bertz CT molecular complexity index is 1030. The van der Waals surface area contributed by atoms with Crippen LogP contribution in [0.5, 0.6) is 0 Å². The zero-order valence-electron chi connectivity index (χ0n) is 19.7. The van der Waals surface area contributed by atoms with Gasteiger partial charge in [0.1, 0.15) is 0 Å². The van der Waals surface area contributed by atoms with E-state index in [4.69, 9.17) is 4.74 Å². The van der Waals surface area contributed by atoms with Crippen LogP contribution in [-0.2, 0) is 20.9 Å². The first kappa shape index (κ1) is 25.2. The number of aromatic nitrogens is 2. The standard InChI is InChI=1S/C25H32N4O5/c1-4-20(5-2)34-22-12-18(25(32)33)11-21(23(22)27-16(3)30)28-24(31)19-13-26-29(15-19)14-17-9-7-6-8-10-17/h6-10,12-13,15,20-23H,4-5,11,14H2,1-3H3,(H,27,30)(H,28,31)(H,32,33)/t21-,22+,23+/m0/s1. The van der Waals surface area contributed by atoms with Crippen molar-refractivity contribution in [2.45, 2.75) is 70.9 Å². The molecule has 0 unspecified atom stereocenters. The van der Waals surface area contributed by atoms with Gasteiger partial charge in [0, 0.05) is 25.1 Å². The highest BCUT2D eigenvalue weighted by Crippen LogP contribution is 2.25. The molecule has 0 spiro atoms. The number of nitrogens with zero attached hydrogens (tertiary/aromatic N) is 2. The fourth-order valence-corrected chi connectivity index (χ4v) is 4.10. The van der Waals surface area contributed by atoms with Gasteiger partial charge in [-0.25, -0.2) is 4.79 Å². The molecular formula is C25H32N4O5. The van der Waals surface area contributed by atoms with Crippen molar-refractivity contribution in [2.75, 3.05) is 0 Å². The molecule has 1 aliphatic carbocycles. The number of carboxylic acid groups (broad SMARTS) is 1. The molecule has 1 heterocycles. The Morgan fingerprint density at radius 3 is 2.50 bits per heavy atom. The molecule has 3 N–H and O–H groups in total. The summed E-state index contributed by atoms with van der Waals surface area (Å²) in [5.41, 5.74) is 1.54. The van der Waals surface area contributed by atoms with Crippen LogP contribution in [0, 0.1) is 0 Å². The first-order valence-corrected chi connectivity index (χ1v) is 11.5. The van der Waals surface area contributed by atoms with Gasteiger partial charge < -0.3 is 20.5 Å². The first-order chi connectivity index (χ1) is 16.3. The Morgan fingerprint density at radius 2 is 1.88 bits per heavy atom. The Kier molecular flexibility index (Phi) is 8.59. The van der Waals surface area contributed by atoms with Crippen LogP contribution in [0.3, 0.4) is 0 Å². The quantitative estimate of drug-likeness (QED) is 0.493. The third-order valence-corrected chi connectivity index (χ3v) is 5.90. The zero-order valence-corrected chi connectivity index (χ0v) is 19.7. The highest BCUT2D eigenvalue weighted by Gasteiger charge is 2.38. The molecule has 0 bridgehead atoms. The minimum atomic E-state index is -1.07. The van der Waals surface area contributed by atoms with E-state index in [-0.39, 0.29) is 24.0 Å². The minimum Gasteiger partial charge on any atom is -0.478 e. The van der Waals surface area contributed by atoms with Gasteiger partial charge in [-0.3, -0.25) is 14.3 Å². The zero-order chi connectivity index (χ0) is 24.7. The third kappa shape index (κ3) is 6.54. The second-order valence-electron chi connectivity index (χ2n) is 8.46. The number of hydrogen-bond donors (Lipinski definition) is 3. The van der Waals surface area contributed by atoms with Gasteiger partial charge in [0.15, 0.2) is 0 Å². The fraction of sp³-hybridized carbons (Fsp3) is 0.440. The Hall–Kier alpha value is -3.46. The van der Waals surface area contributed by atoms with Gasteiger partial charge >= 0.3 is 5.97 Å². The summed E-state index contributed by atoms with van der Waals surface area (Å²) < 4.78 is 7.81. The van der Waals surface area contributed by atoms with Crippen LogP contribution in [0.25, 0.3) is 0 Å². The van der Waals surface area contributed by atoms with Gasteiger partial charge in [0.05, 0.1) is 42.6 Å². The second kappa shape index (κ2) is 11.6. The number of benzene rings is 1. The second-order valence-corrected chi connectivity index (χ2v) is 8.46. The van der Waals surface area contributed by atoms with Crippen molar-refractivity contribution in [1.29, 1.82) is 0 Å². The monoisotopic (exact) mass is 468 g/mol. The SMILES string of the molecule is CCC(CC)O[C@@H]1C=C(C(=O)O)C[C@H](NC(=O)c2cnn(Cc3ccccc3)c2)[C@H]1NC(C)=O. The van der Waals surface area contributed by atoms with E-state index in [1.807, 2.05) is 44.2 Å². The predicted octanol–water partition coefficient (Wildman–Crippen LogP) is 2.52. The van der Waals surface area contributed by atoms with Crippen molar-refractivity contribution in [3.8, 4) is 0 Å². The van der Waals surface area contributed by atoms with Gasteiger partial charge in [0.25, 0.3) is 5.91 Å². The largest absolute Gasteiger partial charge is 0.478 e. The Labute approximate surface area is 199 Å². The van der Waals surface area contributed by atoms with E-state index in [0.29, 0.717) is 12.1 Å².